The molecule has 2 rings (SSSR count). The molecule has 0 saturated heterocycles. The minimum absolute atomic E-state index is 0.0182. The van der Waals surface area contributed by atoms with E-state index < -0.39 is 16.0 Å². The molecule has 0 spiro atoms. The summed E-state index contributed by atoms with van der Waals surface area (Å²) in [6.07, 6.45) is 1.28. The first-order chi connectivity index (χ1) is 8.40. The summed E-state index contributed by atoms with van der Waals surface area (Å²) >= 11 is 1.81. The van der Waals surface area contributed by atoms with E-state index in [-0.39, 0.29) is 14.8 Å². The highest BCUT2D eigenvalue weighted by Gasteiger charge is 2.22. The molecule has 2 N–H and O–H groups in total. The Bertz CT molecular complexity index is 675. The lowest BCUT2D eigenvalue weighted by atomic mass is 10.4. The van der Waals surface area contributed by atoms with E-state index in [1.807, 2.05) is 0 Å². The largest absolute Gasteiger partial charge is 0.477 e. The van der Waals surface area contributed by atoms with Crippen LogP contribution in [0.3, 0.4) is 0 Å². The number of anilines is 1. The van der Waals surface area contributed by atoms with Crippen molar-refractivity contribution >= 4 is 43.9 Å². The summed E-state index contributed by atoms with van der Waals surface area (Å²) < 4.78 is 29.8. The van der Waals surface area contributed by atoms with E-state index in [4.69, 9.17) is 5.11 Å². The van der Waals surface area contributed by atoms with Gasteiger partial charge in [0, 0.05) is 16.4 Å². The van der Waals surface area contributed by atoms with E-state index in [0.717, 1.165) is 28.9 Å². The monoisotopic (exact) mass is 305 g/mol. The van der Waals surface area contributed by atoms with Crippen LogP contribution in [0.4, 0.5) is 5.00 Å². The van der Waals surface area contributed by atoms with E-state index in [1.165, 1.54) is 6.20 Å². The van der Waals surface area contributed by atoms with E-state index in [2.05, 4.69) is 14.3 Å². The number of rotatable bonds is 4. The van der Waals surface area contributed by atoms with Crippen LogP contribution in [0, 0.1) is 6.92 Å². The summed E-state index contributed by atoms with van der Waals surface area (Å²) in [4.78, 5) is 11.1. The molecular formula is C8H7N3O4S3. The van der Waals surface area contributed by atoms with E-state index >= 15 is 0 Å². The molecule has 2 aromatic heterocycles. The molecule has 0 fully saturated rings. The number of aryl methyl sites for hydroxylation is 1. The number of hydrogen-bond donors (Lipinski definition) is 2. The van der Waals surface area contributed by atoms with Crippen molar-refractivity contribution in [1.29, 1.82) is 0 Å². The molecule has 7 nitrogen and oxygen atoms in total. The fourth-order valence-corrected chi connectivity index (χ4v) is 4.35. The molecule has 0 aromatic carbocycles. The van der Waals surface area contributed by atoms with Gasteiger partial charge in [0.15, 0.2) is 0 Å². The SMILES string of the molecule is Cc1sc(C(=O)O)cc1S(=O)(=O)Nc1cnns1. The third-order valence-corrected chi connectivity index (χ3v) is 5.34. The zero-order chi connectivity index (χ0) is 13.3. The van der Waals surface area contributed by atoms with Crippen LogP contribution in [0.25, 0.3) is 0 Å². The van der Waals surface area contributed by atoms with Gasteiger partial charge in [-0.1, -0.05) is 4.49 Å². The minimum Gasteiger partial charge on any atom is -0.477 e. The number of nitrogens with one attached hydrogen (secondary N) is 1. The van der Waals surface area contributed by atoms with Crippen molar-refractivity contribution < 1.29 is 18.3 Å². The minimum atomic E-state index is -3.80. The zero-order valence-electron chi connectivity index (χ0n) is 8.95. The van der Waals surface area contributed by atoms with Gasteiger partial charge in [-0.05, 0) is 13.0 Å². The van der Waals surface area contributed by atoms with Gasteiger partial charge in [-0.15, -0.1) is 16.4 Å². The summed E-state index contributed by atoms with van der Waals surface area (Å²) in [6.45, 7) is 1.55. The van der Waals surface area contributed by atoms with Crippen molar-refractivity contribution in [2.75, 3.05) is 4.72 Å². The number of sulfonamides is 1. The fourth-order valence-electron chi connectivity index (χ4n) is 1.24. The van der Waals surface area contributed by atoms with Gasteiger partial charge in [0.05, 0.1) is 6.20 Å². The Balaban J connectivity index is 2.38. The van der Waals surface area contributed by atoms with Crippen LogP contribution >= 0.6 is 22.9 Å². The standard InChI is InChI=1S/C8H7N3O4S3/c1-4-6(2-5(16-4)8(12)13)18(14,15)10-7-3-9-11-17-7/h2-3,10H,1H3,(H,12,13). The number of carboxylic acids is 1. The van der Waals surface area contributed by atoms with Gasteiger partial charge < -0.3 is 5.11 Å². The Kier molecular flexibility index (Phi) is 3.32. The maximum absolute atomic E-state index is 12.0. The average Bonchev–Trinajstić information content (AvgIpc) is 2.86. The predicted octanol–water partition coefficient (Wildman–Crippen LogP) is 1.41. The number of hydrogen-bond acceptors (Lipinski definition) is 7. The molecule has 18 heavy (non-hydrogen) atoms. The van der Waals surface area contributed by atoms with Gasteiger partial charge in [-0.25, -0.2) is 13.2 Å². The molecule has 0 atom stereocenters. The van der Waals surface area contributed by atoms with E-state index in [0.29, 0.717) is 4.88 Å². The number of carbonyl (C=O) groups is 1. The van der Waals surface area contributed by atoms with E-state index in [9.17, 15) is 13.2 Å². The molecule has 0 aliphatic rings. The maximum atomic E-state index is 12.0. The molecule has 0 amide bonds. The quantitative estimate of drug-likeness (QED) is 0.883. The second-order valence-corrected chi connectivity index (χ2v) is 6.92. The van der Waals surface area contributed by atoms with Gasteiger partial charge in [0.2, 0.25) is 0 Å². The third-order valence-electron chi connectivity index (χ3n) is 1.97. The second kappa shape index (κ2) is 4.63. The molecule has 10 heteroatoms. The molecule has 2 heterocycles. The van der Waals surface area contributed by atoms with E-state index in [1.54, 1.807) is 6.92 Å². The molecule has 0 radical (unpaired) electrons. The van der Waals surface area contributed by atoms with Gasteiger partial charge in [0.25, 0.3) is 10.0 Å². The summed E-state index contributed by atoms with van der Waals surface area (Å²) in [7, 11) is -3.80. The summed E-state index contributed by atoms with van der Waals surface area (Å²) in [6, 6.07) is 1.14. The molecule has 96 valence electrons. The van der Waals surface area contributed by atoms with Crippen LogP contribution in [-0.2, 0) is 10.0 Å². The van der Waals surface area contributed by atoms with Gasteiger partial charge in [0.1, 0.15) is 14.8 Å². The molecule has 2 aromatic rings. The molecule has 0 saturated carbocycles. The van der Waals surface area contributed by atoms with Crippen molar-refractivity contribution in [2.24, 2.45) is 0 Å². The van der Waals surface area contributed by atoms with Gasteiger partial charge in [-0.3, -0.25) is 4.72 Å². The number of nitrogens with zero attached hydrogens (tertiary/aromatic N) is 2. The second-order valence-electron chi connectivity index (χ2n) is 3.22. The molecular weight excluding hydrogens is 298 g/mol. The highest BCUT2D eigenvalue weighted by molar-refractivity contribution is 7.93. The Morgan fingerprint density at radius 3 is 2.72 bits per heavy atom. The zero-order valence-corrected chi connectivity index (χ0v) is 11.4. The molecule has 0 aliphatic carbocycles. The van der Waals surface area contributed by atoms with Crippen molar-refractivity contribution in [3.63, 3.8) is 0 Å². The van der Waals surface area contributed by atoms with Gasteiger partial charge in [-0.2, -0.15) is 0 Å². The first-order valence-corrected chi connectivity index (χ1v) is 7.61. The first kappa shape index (κ1) is 12.9. The lowest BCUT2D eigenvalue weighted by Crippen LogP contribution is -2.12. The summed E-state index contributed by atoms with van der Waals surface area (Å²) in [5.74, 6) is -1.15. The number of aromatic nitrogens is 2. The van der Waals surface area contributed by atoms with Crippen molar-refractivity contribution in [3.8, 4) is 0 Å². The Morgan fingerprint density at radius 1 is 1.50 bits per heavy atom. The van der Waals surface area contributed by atoms with Crippen LogP contribution < -0.4 is 4.72 Å². The highest BCUT2D eigenvalue weighted by atomic mass is 32.2. The smallest absolute Gasteiger partial charge is 0.345 e. The van der Waals surface area contributed by atoms with Gasteiger partial charge >= 0.3 is 5.97 Å². The highest BCUT2D eigenvalue weighted by Crippen LogP contribution is 2.27. The van der Waals surface area contributed by atoms with Crippen molar-refractivity contribution in [2.45, 2.75) is 11.8 Å². The average molecular weight is 305 g/mol. The Hall–Kier alpha value is -1.52. The third kappa shape index (κ3) is 2.49. The predicted molar refractivity (Wildman–Crippen MR) is 66.7 cm³/mol. The van der Waals surface area contributed by atoms with Crippen molar-refractivity contribution in [1.82, 2.24) is 9.59 Å². The molecule has 0 aliphatic heterocycles. The molecule has 0 bridgehead atoms. The van der Waals surface area contributed by atoms with Crippen molar-refractivity contribution in [3.05, 3.63) is 22.0 Å². The van der Waals surface area contributed by atoms with Crippen LogP contribution in [0.2, 0.25) is 0 Å². The lowest BCUT2D eigenvalue weighted by Gasteiger charge is -2.03. The fraction of sp³-hybridized carbons (Fsp3) is 0.125. The topological polar surface area (TPSA) is 109 Å². The number of carboxylic acid groups (broad SMARTS) is 1. The number of thiophene rings is 1. The normalized spacial score (nSPS) is 11.4. The molecule has 0 unspecified atom stereocenters. The number of aromatic carboxylic acids is 1. The Labute approximate surface area is 110 Å². The first-order valence-electron chi connectivity index (χ1n) is 4.54. The maximum Gasteiger partial charge on any atom is 0.345 e. The Morgan fingerprint density at radius 2 is 2.22 bits per heavy atom. The summed E-state index contributed by atoms with van der Waals surface area (Å²) in [5.41, 5.74) is 0. The summed E-state index contributed by atoms with van der Waals surface area (Å²) in [5, 5.41) is 12.6. The lowest BCUT2D eigenvalue weighted by molar-refractivity contribution is 0.0702. The van der Waals surface area contributed by atoms with Crippen LogP contribution in [0.15, 0.2) is 17.2 Å². The van der Waals surface area contributed by atoms with Crippen LogP contribution in [-0.4, -0.2) is 29.1 Å². The van der Waals surface area contributed by atoms with Crippen LogP contribution in [0.5, 0.6) is 0 Å². The van der Waals surface area contributed by atoms with Crippen LogP contribution in [0.1, 0.15) is 14.5 Å².